The molecule has 0 spiro atoms. The minimum Gasteiger partial charge on any atom is -0.491 e. The van der Waals surface area contributed by atoms with Crippen LogP contribution in [0, 0.1) is 6.92 Å². The molecule has 1 aromatic rings. The van der Waals surface area contributed by atoms with Crippen molar-refractivity contribution in [1.29, 1.82) is 0 Å². The van der Waals surface area contributed by atoms with Crippen LogP contribution in [0.1, 0.15) is 26.3 Å². The number of nitrogens with zero attached hydrogens (tertiary/aromatic N) is 3. The molecule has 2 aliphatic rings. The van der Waals surface area contributed by atoms with Crippen LogP contribution in [0.5, 0.6) is 5.75 Å². The molecule has 1 fully saturated rings. The summed E-state index contributed by atoms with van der Waals surface area (Å²) >= 11 is 0. The van der Waals surface area contributed by atoms with E-state index in [1.54, 1.807) is 4.90 Å². The lowest BCUT2D eigenvalue weighted by atomic mass is 10.2. The Hall–Kier alpha value is -2.48. The van der Waals surface area contributed by atoms with Crippen molar-refractivity contribution in [3.8, 4) is 5.75 Å². The summed E-state index contributed by atoms with van der Waals surface area (Å²) in [6.07, 6.45) is -0.928. The number of hydrogen-bond acceptors (Lipinski definition) is 7. The Kier molecular flexibility index (Phi) is 6.52. The largest absolute Gasteiger partial charge is 0.491 e. The highest BCUT2D eigenvalue weighted by molar-refractivity contribution is 5.82. The number of carbonyl (C=O) groups excluding carboxylic acids is 1. The highest BCUT2D eigenvalue weighted by Crippen LogP contribution is 2.18. The molecule has 0 aromatic heterocycles. The Morgan fingerprint density at radius 2 is 2.17 bits per heavy atom. The first-order valence-electron chi connectivity index (χ1n) is 10.1. The number of aliphatic hydroxyl groups is 1. The number of piperazine rings is 1. The van der Waals surface area contributed by atoms with Gasteiger partial charge < -0.3 is 29.7 Å². The van der Waals surface area contributed by atoms with Gasteiger partial charge >= 0.3 is 6.09 Å². The van der Waals surface area contributed by atoms with Crippen molar-refractivity contribution in [1.82, 2.24) is 15.1 Å². The van der Waals surface area contributed by atoms with Crippen LogP contribution in [0.25, 0.3) is 0 Å². The van der Waals surface area contributed by atoms with Crippen LogP contribution in [-0.2, 0) is 4.74 Å². The third kappa shape index (κ3) is 6.00. The molecule has 0 radical (unpaired) electrons. The molecule has 3 rings (SSSR count). The van der Waals surface area contributed by atoms with Crippen molar-refractivity contribution in [2.45, 2.75) is 45.4 Å². The highest BCUT2D eigenvalue weighted by Gasteiger charge is 2.36. The Labute approximate surface area is 172 Å². The zero-order valence-electron chi connectivity index (χ0n) is 17.7. The third-order valence-corrected chi connectivity index (χ3v) is 4.79. The molecule has 1 saturated heterocycles. The van der Waals surface area contributed by atoms with Gasteiger partial charge in [-0.1, -0.05) is 12.1 Å². The maximum Gasteiger partial charge on any atom is 0.410 e. The first kappa shape index (κ1) is 21.2. The van der Waals surface area contributed by atoms with Gasteiger partial charge in [-0.05, 0) is 45.4 Å². The number of nitrogens with one attached hydrogen (secondary N) is 1. The van der Waals surface area contributed by atoms with Crippen LogP contribution in [0.4, 0.5) is 4.79 Å². The topological polar surface area (TPSA) is 86.6 Å². The second kappa shape index (κ2) is 8.90. The quantitative estimate of drug-likeness (QED) is 0.776. The van der Waals surface area contributed by atoms with Gasteiger partial charge in [-0.2, -0.15) is 0 Å². The molecule has 2 heterocycles. The Morgan fingerprint density at radius 1 is 1.38 bits per heavy atom. The van der Waals surface area contributed by atoms with Crippen molar-refractivity contribution in [2.24, 2.45) is 4.99 Å². The molecular weight excluding hydrogens is 372 g/mol. The lowest BCUT2D eigenvalue weighted by molar-refractivity contribution is 0.0137. The summed E-state index contributed by atoms with van der Waals surface area (Å²) in [5.74, 6) is 1.52. The summed E-state index contributed by atoms with van der Waals surface area (Å²) in [5, 5.41) is 13.5. The van der Waals surface area contributed by atoms with E-state index in [1.807, 2.05) is 52.0 Å². The maximum atomic E-state index is 12.3. The number of rotatable bonds is 5. The number of benzene rings is 1. The molecule has 2 atom stereocenters. The zero-order valence-corrected chi connectivity index (χ0v) is 17.7. The molecule has 1 amide bonds. The van der Waals surface area contributed by atoms with E-state index in [9.17, 15) is 9.90 Å². The number of carbonyl (C=O) groups is 1. The summed E-state index contributed by atoms with van der Waals surface area (Å²) in [4.78, 5) is 20.8. The van der Waals surface area contributed by atoms with Crippen molar-refractivity contribution in [2.75, 3.05) is 39.3 Å². The van der Waals surface area contributed by atoms with Crippen LogP contribution in [0.2, 0.25) is 0 Å². The van der Waals surface area contributed by atoms with Gasteiger partial charge in [0.1, 0.15) is 24.1 Å². The molecule has 2 N–H and O–H groups in total. The number of fused-ring (bicyclic) bond motifs is 1. The predicted molar refractivity (Wildman–Crippen MR) is 111 cm³/mol. The molecular formula is C21H32N4O4. The van der Waals surface area contributed by atoms with E-state index < -0.39 is 11.7 Å². The van der Waals surface area contributed by atoms with Gasteiger partial charge in [-0.25, -0.2) is 4.79 Å². The minimum absolute atomic E-state index is 0.138. The smallest absolute Gasteiger partial charge is 0.410 e. The molecule has 0 saturated carbocycles. The molecule has 0 aliphatic carbocycles. The second-order valence-electron chi connectivity index (χ2n) is 8.60. The van der Waals surface area contributed by atoms with E-state index in [1.165, 1.54) is 0 Å². The lowest BCUT2D eigenvalue weighted by Gasteiger charge is -2.39. The Morgan fingerprint density at radius 3 is 2.90 bits per heavy atom. The first-order valence-corrected chi connectivity index (χ1v) is 10.1. The van der Waals surface area contributed by atoms with Gasteiger partial charge in [0.05, 0.1) is 12.6 Å². The monoisotopic (exact) mass is 404 g/mol. The average Bonchev–Trinajstić information content (AvgIpc) is 3.05. The Balaban J connectivity index is 1.42. The fourth-order valence-corrected chi connectivity index (χ4v) is 3.39. The summed E-state index contributed by atoms with van der Waals surface area (Å²) < 4.78 is 11.1. The molecule has 29 heavy (non-hydrogen) atoms. The van der Waals surface area contributed by atoms with Crippen molar-refractivity contribution < 1.29 is 19.4 Å². The first-order chi connectivity index (χ1) is 13.7. The van der Waals surface area contributed by atoms with E-state index in [-0.39, 0.29) is 18.7 Å². The van der Waals surface area contributed by atoms with Gasteiger partial charge in [0, 0.05) is 26.2 Å². The molecule has 1 aromatic carbocycles. The number of aryl methyl sites for hydroxylation is 1. The predicted octanol–water partition coefficient (Wildman–Crippen LogP) is 1.62. The Bertz CT molecular complexity index is 746. The van der Waals surface area contributed by atoms with Crippen LogP contribution >= 0.6 is 0 Å². The lowest BCUT2D eigenvalue weighted by Crippen LogP contribution is -2.58. The standard InChI is InChI=1S/C21H32N4O4/c1-15-6-5-7-18(10-15)28-14-17(26)12-23-19-22-11-16-13-24(8-9-25(16)19)20(27)29-21(2,3)4/h5-7,10,16-17,26H,8-9,11-14H2,1-4H3,(H,22,23). The van der Waals surface area contributed by atoms with E-state index >= 15 is 0 Å². The van der Waals surface area contributed by atoms with Crippen LogP contribution in [-0.4, -0.2) is 84.0 Å². The average molecular weight is 405 g/mol. The van der Waals surface area contributed by atoms with Crippen molar-refractivity contribution >= 4 is 12.1 Å². The van der Waals surface area contributed by atoms with Gasteiger partial charge in [-0.3, -0.25) is 4.99 Å². The number of ether oxygens (including phenoxy) is 2. The molecule has 2 aliphatic heterocycles. The van der Waals surface area contributed by atoms with Gasteiger partial charge in [0.2, 0.25) is 0 Å². The number of amides is 1. The van der Waals surface area contributed by atoms with Gasteiger partial charge in [-0.15, -0.1) is 0 Å². The zero-order chi connectivity index (χ0) is 21.0. The molecule has 160 valence electrons. The van der Waals surface area contributed by atoms with E-state index in [0.717, 1.165) is 17.3 Å². The minimum atomic E-state index is -0.652. The number of aliphatic imine (C=N–C) groups is 1. The summed E-state index contributed by atoms with van der Waals surface area (Å²) in [6.45, 7) is 10.7. The third-order valence-electron chi connectivity index (χ3n) is 4.79. The van der Waals surface area contributed by atoms with E-state index in [4.69, 9.17) is 9.47 Å². The van der Waals surface area contributed by atoms with Gasteiger partial charge in [0.15, 0.2) is 5.96 Å². The SMILES string of the molecule is Cc1cccc(OCC(O)CNC2=NCC3CN(C(=O)OC(C)(C)C)CCN23)c1. The number of hydrogen-bond donors (Lipinski definition) is 2. The second-order valence-corrected chi connectivity index (χ2v) is 8.60. The summed E-state index contributed by atoms with van der Waals surface area (Å²) in [7, 11) is 0. The fraction of sp³-hybridized carbons (Fsp3) is 0.619. The maximum absolute atomic E-state index is 12.3. The highest BCUT2D eigenvalue weighted by atomic mass is 16.6. The summed E-state index contributed by atoms with van der Waals surface area (Å²) in [6, 6.07) is 7.89. The van der Waals surface area contributed by atoms with Crippen molar-refractivity contribution in [3.05, 3.63) is 29.8 Å². The van der Waals surface area contributed by atoms with Crippen molar-refractivity contribution in [3.63, 3.8) is 0 Å². The molecule has 8 nitrogen and oxygen atoms in total. The van der Waals surface area contributed by atoms with E-state index in [2.05, 4.69) is 15.2 Å². The van der Waals surface area contributed by atoms with Gasteiger partial charge in [0.25, 0.3) is 0 Å². The molecule has 8 heteroatoms. The fourth-order valence-electron chi connectivity index (χ4n) is 3.39. The van der Waals surface area contributed by atoms with Crippen LogP contribution in [0.15, 0.2) is 29.3 Å². The molecule has 2 unspecified atom stereocenters. The van der Waals surface area contributed by atoms with Crippen LogP contribution < -0.4 is 10.1 Å². The molecule has 0 bridgehead atoms. The normalized spacial score (nSPS) is 20.0. The number of guanidine groups is 1. The van der Waals surface area contributed by atoms with Crippen LogP contribution in [0.3, 0.4) is 0 Å². The van der Waals surface area contributed by atoms with E-state index in [0.29, 0.717) is 32.7 Å². The number of aliphatic hydroxyl groups excluding tert-OH is 1. The summed E-state index contributed by atoms with van der Waals surface area (Å²) in [5.41, 5.74) is 0.621.